The lowest BCUT2D eigenvalue weighted by Crippen LogP contribution is -2.37. The number of nitrogens with zero attached hydrogens (tertiary/aromatic N) is 4. The second-order valence-electron chi connectivity index (χ2n) is 7.78. The van der Waals surface area contributed by atoms with Crippen LogP contribution in [0.4, 0.5) is 10.2 Å². The van der Waals surface area contributed by atoms with Gasteiger partial charge in [0.05, 0.1) is 18.9 Å². The number of aromatic nitrogens is 3. The molecule has 6 nitrogen and oxygen atoms in total. The fourth-order valence-corrected chi connectivity index (χ4v) is 4.27. The molecule has 7 heteroatoms. The van der Waals surface area contributed by atoms with Crippen molar-refractivity contribution >= 4 is 11.5 Å². The number of halogens is 1. The zero-order valence-electron chi connectivity index (χ0n) is 16.5. The molecule has 0 spiro atoms. The van der Waals surface area contributed by atoms with Crippen molar-refractivity contribution in [3.05, 3.63) is 47.4 Å². The predicted octanol–water partition coefficient (Wildman–Crippen LogP) is 3.16. The number of benzene rings is 1. The van der Waals surface area contributed by atoms with Gasteiger partial charge >= 0.3 is 0 Å². The van der Waals surface area contributed by atoms with Gasteiger partial charge in [0.15, 0.2) is 5.65 Å². The van der Waals surface area contributed by atoms with Crippen LogP contribution in [0.3, 0.4) is 0 Å². The highest BCUT2D eigenvalue weighted by molar-refractivity contribution is 5.67. The average Bonchev–Trinajstić information content (AvgIpc) is 3.38. The maximum atomic E-state index is 13.3. The molecule has 1 N–H and O–H groups in total. The molecule has 29 heavy (non-hydrogen) atoms. The molecule has 1 aliphatic carbocycles. The average molecular weight is 395 g/mol. The predicted molar refractivity (Wildman–Crippen MR) is 111 cm³/mol. The molecule has 1 aliphatic heterocycles. The molecular formula is C22H26FN5O. The zero-order valence-corrected chi connectivity index (χ0v) is 16.5. The Labute approximate surface area is 169 Å². The van der Waals surface area contributed by atoms with E-state index in [-0.39, 0.29) is 5.82 Å². The first kappa shape index (κ1) is 18.5. The van der Waals surface area contributed by atoms with Crippen molar-refractivity contribution in [3.63, 3.8) is 0 Å². The molecule has 0 atom stereocenters. The molecule has 0 bridgehead atoms. The number of fused-ring (bicyclic) bond motifs is 2. The molecule has 1 aromatic carbocycles. The highest BCUT2D eigenvalue weighted by Gasteiger charge is 2.21. The van der Waals surface area contributed by atoms with Crippen LogP contribution >= 0.6 is 0 Å². The van der Waals surface area contributed by atoms with E-state index in [4.69, 9.17) is 14.8 Å². The summed E-state index contributed by atoms with van der Waals surface area (Å²) in [6.45, 7) is 5.70. The molecule has 0 radical (unpaired) electrons. The highest BCUT2D eigenvalue weighted by atomic mass is 19.1. The number of ether oxygens (including phenoxy) is 1. The van der Waals surface area contributed by atoms with Gasteiger partial charge in [-0.05, 0) is 56.5 Å². The molecular weight excluding hydrogens is 369 g/mol. The molecule has 2 aliphatic rings. The second kappa shape index (κ2) is 8.08. The van der Waals surface area contributed by atoms with Crippen molar-refractivity contribution in [3.8, 4) is 11.3 Å². The Morgan fingerprint density at radius 3 is 2.76 bits per heavy atom. The van der Waals surface area contributed by atoms with Crippen molar-refractivity contribution < 1.29 is 9.13 Å². The summed E-state index contributed by atoms with van der Waals surface area (Å²) in [6, 6.07) is 8.46. The number of hydrogen-bond acceptors (Lipinski definition) is 5. The number of nitrogens with one attached hydrogen (secondary N) is 1. The van der Waals surface area contributed by atoms with Gasteiger partial charge < -0.3 is 10.1 Å². The number of rotatable bonds is 6. The molecule has 152 valence electrons. The second-order valence-corrected chi connectivity index (χ2v) is 7.78. The Morgan fingerprint density at radius 1 is 1.10 bits per heavy atom. The van der Waals surface area contributed by atoms with Gasteiger partial charge in [0.1, 0.15) is 11.6 Å². The van der Waals surface area contributed by atoms with E-state index in [2.05, 4.69) is 10.2 Å². The van der Waals surface area contributed by atoms with Crippen LogP contribution in [0, 0.1) is 5.82 Å². The van der Waals surface area contributed by atoms with Gasteiger partial charge in [0.2, 0.25) is 0 Å². The van der Waals surface area contributed by atoms with Crippen molar-refractivity contribution in [2.45, 2.75) is 25.7 Å². The van der Waals surface area contributed by atoms with Crippen LogP contribution in [0.2, 0.25) is 0 Å². The Morgan fingerprint density at radius 2 is 1.93 bits per heavy atom. The third kappa shape index (κ3) is 3.84. The van der Waals surface area contributed by atoms with Crippen molar-refractivity contribution in [2.24, 2.45) is 0 Å². The molecule has 1 fully saturated rings. The van der Waals surface area contributed by atoms with Crippen LogP contribution in [0.15, 0.2) is 30.3 Å². The van der Waals surface area contributed by atoms with E-state index < -0.39 is 0 Å². The Bertz CT molecular complexity index is 995. The zero-order chi connectivity index (χ0) is 19.6. The standard InChI is InChI=1S/C22H26FN5O/c23-17-7-5-16(6-8-17)20-15-21-25-19-4-1-3-18(19)22(28(21)26-20)24-9-2-10-27-11-13-29-14-12-27/h5-8,15,24H,1-4,9-14H2. The van der Waals surface area contributed by atoms with Gasteiger partial charge in [-0.2, -0.15) is 9.61 Å². The van der Waals surface area contributed by atoms with Crippen LogP contribution in [-0.2, 0) is 17.6 Å². The summed E-state index contributed by atoms with van der Waals surface area (Å²) in [5.74, 6) is 0.829. The number of hydrogen-bond donors (Lipinski definition) is 1. The maximum Gasteiger partial charge on any atom is 0.158 e. The minimum absolute atomic E-state index is 0.239. The van der Waals surface area contributed by atoms with Crippen LogP contribution in [0.25, 0.3) is 16.9 Å². The third-order valence-electron chi connectivity index (χ3n) is 5.81. The van der Waals surface area contributed by atoms with Gasteiger partial charge in [-0.3, -0.25) is 4.90 Å². The van der Waals surface area contributed by atoms with Gasteiger partial charge in [0.25, 0.3) is 0 Å². The summed E-state index contributed by atoms with van der Waals surface area (Å²) in [5.41, 5.74) is 5.03. The van der Waals surface area contributed by atoms with E-state index in [0.717, 1.165) is 87.8 Å². The van der Waals surface area contributed by atoms with Crippen LogP contribution in [0.1, 0.15) is 24.1 Å². The Kier molecular flexibility index (Phi) is 5.16. The number of morpholine rings is 1. The fraction of sp³-hybridized carbons (Fsp3) is 0.455. The van der Waals surface area contributed by atoms with Crippen LogP contribution < -0.4 is 5.32 Å². The lowest BCUT2D eigenvalue weighted by atomic mass is 10.1. The minimum atomic E-state index is -0.239. The maximum absolute atomic E-state index is 13.3. The molecule has 2 aromatic heterocycles. The van der Waals surface area contributed by atoms with Crippen LogP contribution in [0.5, 0.6) is 0 Å². The number of aryl methyl sites for hydroxylation is 1. The third-order valence-corrected chi connectivity index (χ3v) is 5.81. The van der Waals surface area contributed by atoms with Gasteiger partial charge in [-0.15, -0.1) is 0 Å². The van der Waals surface area contributed by atoms with Crippen molar-refractivity contribution in [1.82, 2.24) is 19.5 Å². The first-order chi connectivity index (χ1) is 14.3. The normalized spacial score (nSPS) is 17.0. The quantitative estimate of drug-likeness (QED) is 0.650. The van der Waals surface area contributed by atoms with E-state index >= 15 is 0 Å². The van der Waals surface area contributed by atoms with Gasteiger partial charge in [-0.25, -0.2) is 9.37 Å². The summed E-state index contributed by atoms with van der Waals surface area (Å²) >= 11 is 0. The molecule has 0 saturated carbocycles. The number of anilines is 1. The summed E-state index contributed by atoms with van der Waals surface area (Å²) in [6.07, 6.45) is 4.27. The molecule has 5 rings (SSSR count). The van der Waals surface area contributed by atoms with E-state index in [1.807, 2.05) is 10.6 Å². The van der Waals surface area contributed by atoms with E-state index in [9.17, 15) is 4.39 Å². The summed E-state index contributed by atoms with van der Waals surface area (Å²) in [7, 11) is 0. The first-order valence-electron chi connectivity index (χ1n) is 10.5. The first-order valence-corrected chi connectivity index (χ1v) is 10.5. The van der Waals surface area contributed by atoms with E-state index in [0.29, 0.717) is 0 Å². The summed E-state index contributed by atoms with van der Waals surface area (Å²) in [5, 5.41) is 8.45. The van der Waals surface area contributed by atoms with E-state index in [1.165, 1.54) is 23.4 Å². The molecule has 0 unspecified atom stereocenters. The molecule has 0 amide bonds. The van der Waals surface area contributed by atoms with Crippen molar-refractivity contribution in [1.29, 1.82) is 0 Å². The Hall–Kier alpha value is -2.51. The Balaban J connectivity index is 1.38. The van der Waals surface area contributed by atoms with E-state index in [1.54, 1.807) is 12.1 Å². The SMILES string of the molecule is Fc1ccc(-c2cc3nc4c(c(NCCCN5CCOCC5)n3n2)CCC4)cc1. The lowest BCUT2D eigenvalue weighted by Gasteiger charge is -2.26. The summed E-state index contributed by atoms with van der Waals surface area (Å²) < 4.78 is 20.6. The minimum Gasteiger partial charge on any atom is -0.379 e. The van der Waals surface area contributed by atoms with Crippen LogP contribution in [-0.4, -0.2) is 58.9 Å². The largest absolute Gasteiger partial charge is 0.379 e. The summed E-state index contributed by atoms with van der Waals surface area (Å²) in [4.78, 5) is 7.30. The molecule has 3 heterocycles. The van der Waals surface area contributed by atoms with Crippen molar-refractivity contribution in [2.75, 3.05) is 44.7 Å². The van der Waals surface area contributed by atoms with Gasteiger partial charge in [0, 0.05) is 42.5 Å². The highest BCUT2D eigenvalue weighted by Crippen LogP contribution is 2.30. The fourth-order valence-electron chi connectivity index (χ4n) is 4.27. The molecule has 3 aromatic rings. The smallest absolute Gasteiger partial charge is 0.158 e. The molecule has 1 saturated heterocycles. The lowest BCUT2D eigenvalue weighted by molar-refractivity contribution is 0.0378. The monoisotopic (exact) mass is 395 g/mol. The van der Waals surface area contributed by atoms with Gasteiger partial charge in [-0.1, -0.05) is 0 Å². The topological polar surface area (TPSA) is 54.7 Å².